The van der Waals surface area contributed by atoms with Crippen LogP contribution in [0, 0.1) is 47.0 Å². The third kappa shape index (κ3) is 4.84. The van der Waals surface area contributed by atoms with Crippen LogP contribution in [-0.4, -0.2) is 0 Å². The molecule has 180 valence electrons. The van der Waals surface area contributed by atoms with Crippen molar-refractivity contribution in [2.45, 2.75) is 96.3 Å². The second kappa shape index (κ2) is 10.0. The van der Waals surface area contributed by atoms with Crippen molar-refractivity contribution in [3.8, 4) is 0 Å². The number of hydrogen-bond acceptors (Lipinski definition) is 0. The van der Waals surface area contributed by atoms with E-state index in [1.54, 1.807) is 6.07 Å². The van der Waals surface area contributed by atoms with E-state index in [1.165, 1.54) is 70.6 Å². The molecular weight excluding hydrogens is 417 g/mol. The van der Waals surface area contributed by atoms with E-state index in [-0.39, 0.29) is 5.39 Å². The summed E-state index contributed by atoms with van der Waals surface area (Å²) in [4.78, 5) is 0. The van der Waals surface area contributed by atoms with Gasteiger partial charge in [0.05, 0.1) is 0 Å². The van der Waals surface area contributed by atoms with Crippen LogP contribution >= 0.6 is 0 Å². The van der Waals surface area contributed by atoms with Crippen molar-refractivity contribution in [1.29, 1.82) is 0 Å². The maximum absolute atomic E-state index is 14.1. The largest absolute Gasteiger partial charge is 0.204 e. The van der Waals surface area contributed by atoms with E-state index in [0.29, 0.717) is 11.3 Å². The zero-order valence-electron chi connectivity index (χ0n) is 20.1. The zero-order valence-corrected chi connectivity index (χ0v) is 20.1. The Bertz CT molecular complexity index is 959. The highest BCUT2D eigenvalue weighted by Crippen LogP contribution is 2.50. The van der Waals surface area contributed by atoms with Crippen molar-refractivity contribution >= 4 is 10.8 Å². The van der Waals surface area contributed by atoms with Gasteiger partial charge in [0.25, 0.3) is 0 Å². The van der Waals surface area contributed by atoms with Crippen molar-refractivity contribution in [3.05, 3.63) is 47.3 Å². The van der Waals surface area contributed by atoms with Gasteiger partial charge in [-0.15, -0.1) is 0 Å². The molecule has 3 fully saturated rings. The predicted molar refractivity (Wildman–Crippen MR) is 130 cm³/mol. The molecule has 0 nitrogen and oxygen atoms in total. The minimum Gasteiger partial charge on any atom is -0.204 e. The molecule has 0 spiro atoms. The highest BCUT2D eigenvalue weighted by atomic mass is 19.2. The van der Waals surface area contributed by atoms with Gasteiger partial charge in [0.15, 0.2) is 17.5 Å². The summed E-state index contributed by atoms with van der Waals surface area (Å²) in [5.74, 6) is 1.63. The monoisotopic (exact) mass is 456 g/mol. The molecule has 3 aliphatic carbocycles. The van der Waals surface area contributed by atoms with Crippen LogP contribution < -0.4 is 0 Å². The molecule has 0 amide bonds. The topological polar surface area (TPSA) is 0 Å². The van der Waals surface area contributed by atoms with Gasteiger partial charge >= 0.3 is 0 Å². The van der Waals surface area contributed by atoms with Crippen molar-refractivity contribution < 1.29 is 13.2 Å². The molecule has 0 aromatic heterocycles. The quantitative estimate of drug-likeness (QED) is 0.393. The lowest BCUT2D eigenvalue weighted by atomic mass is 9.60. The highest BCUT2D eigenvalue weighted by molar-refractivity contribution is 5.84. The Morgan fingerprint density at radius 3 is 2.15 bits per heavy atom. The second-order valence-corrected chi connectivity index (χ2v) is 11.5. The van der Waals surface area contributed by atoms with Gasteiger partial charge in [-0.1, -0.05) is 50.8 Å². The minimum absolute atomic E-state index is 0.174. The summed E-state index contributed by atoms with van der Waals surface area (Å²) in [5, 5.41) is 0.645. The van der Waals surface area contributed by atoms with Crippen molar-refractivity contribution in [1.82, 2.24) is 0 Å². The van der Waals surface area contributed by atoms with Crippen molar-refractivity contribution in [3.63, 3.8) is 0 Å². The Morgan fingerprint density at radius 1 is 0.727 bits per heavy atom. The first-order chi connectivity index (χ1) is 16.0. The van der Waals surface area contributed by atoms with E-state index in [2.05, 4.69) is 6.92 Å². The van der Waals surface area contributed by atoms with Gasteiger partial charge in [0.2, 0.25) is 0 Å². The Hall–Kier alpha value is -1.51. The van der Waals surface area contributed by atoms with E-state index in [4.69, 9.17) is 0 Å². The maximum atomic E-state index is 14.1. The Balaban J connectivity index is 1.17. The van der Waals surface area contributed by atoms with Gasteiger partial charge in [0, 0.05) is 5.39 Å². The number of fused-ring (bicyclic) bond motifs is 2. The summed E-state index contributed by atoms with van der Waals surface area (Å²) in [6.07, 6.45) is 17.8. The summed E-state index contributed by atoms with van der Waals surface area (Å²) in [5.41, 5.74) is 1.15. The molecule has 0 aliphatic heterocycles. The smallest absolute Gasteiger partial charge is 0.195 e. The summed E-state index contributed by atoms with van der Waals surface area (Å²) >= 11 is 0. The average molecular weight is 457 g/mol. The van der Waals surface area contributed by atoms with Crippen LogP contribution in [0.25, 0.3) is 10.8 Å². The van der Waals surface area contributed by atoms with E-state index < -0.39 is 17.5 Å². The molecule has 3 saturated carbocycles. The predicted octanol–water partition coefficient (Wildman–Crippen LogP) is 9.55. The molecule has 33 heavy (non-hydrogen) atoms. The molecule has 2 aromatic carbocycles. The summed E-state index contributed by atoms with van der Waals surface area (Å²) < 4.78 is 41.3. The van der Waals surface area contributed by atoms with E-state index in [1.807, 2.05) is 12.1 Å². The van der Waals surface area contributed by atoms with E-state index >= 15 is 0 Å². The molecule has 3 aliphatic rings. The van der Waals surface area contributed by atoms with Crippen molar-refractivity contribution in [2.24, 2.45) is 29.6 Å². The fraction of sp³-hybridized carbons (Fsp3) is 0.667. The van der Waals surface area contributed by atoms with Crippen LogP contribution in [0.1, 0.15) is 102 Å². The van der Waals surface area contributed by atoms with Crippen LogP contribution in [0.3, 0.4) is 0 Å². The number of halogens is 3. The summed E-state index contributed by atoms with van der Waals surface area (Å²) in [7, 11) is 0. The average Bonchev–Trinajstić information content (AvgIpc) is 2.85. The summed E-state index contributed by atoms with van der Waals surface area (Å²) in [6, 6.07) is 6.58. The molecule has 0 radical (unpaired) electrons. The first kappa shape index (κ1) is 23.2. The lowest BCUT2D eigenvalue weighted by Gasteiger charge is -2.45. The van der Waals surface area contributed by atoms with Crippen LogP contribution in [-0.2, 0) is 0 Å². The first-order valence-electron chi connectivity index (χ1n) is 13.6. The third-order valence-corrected chi connectivity index (χ3v) is 9.63. The molecule has 4 atom stereocenters. The third-order valence-electron chi connectivity index (χ3n) is 9.63. The van der Waals surface area contributed by atoms with Gasteiger partial charge < -0.3 is 0 Å². The number of benzene rings is 2. The second-order valence-electron chi connectivity index (χ2n) is 11.5. The lowest BCUT2D eigenvalue weighted by Crippen LogP contribution is -2.34. The fourth-order valence-corrected chi connectivity index (χ4v) is 7.71. The zero-order chi connectivity index (χ0) is 22.9. The standard InChI is InChI=1S/C30H39F3/c1-2-3-4-19-5-6-25-16-23(12-11-22(25)15-19)20-7-9-21(10-8-20)24-13-14-27-26(17-24)18-28(31)30(33)29(27)32/h13-14,17-23,25H,2-12,15-16H2,1H3. The van der Waals surface area contributed by atoms with Crippen LogP contribution in [0.5, 0.6) is 0 Å². The number of hydrogen-bond donors (Lipinski definition) is 0. The van der Waals surface area contributed by atoms with Gasteiger partial charge in [-0.2, -0.15) is 0 Å². The normalized spacial score (nSPS) is 32.6. The molecule has 0 N–H and O–H groups in total. The number of rotatable bonds is 5. The molecular formula is C30H39F3. The molecule has 0 bridgehead atoms. The van der Waals surface area contributed by atoms with Gasteiger partial charge in [-0.05, 0) is 110 Å². The van der Waals surface area contributed by atoms with Crippen LogP contribution in [0.15, 0.2) is 24.3 Å². The molecule has 5 rings (SSSR count). The highest BCUT2D eigenvalue weighted by Gasteiger charge is 2.38. The SMILES string of the molecule is CCCCC1CCC2CC(C3CCC(c4ccc5c(F)c(F)c(F)cc5c4)CC3)CCC2C1. The van der Waals surface area contributed by atoms with Gasteiger partial charge in [-0.25, -0.2) is 13.2 Å². The fourth-order valence-electron chi connectivity index (χ4n) is 7.71. The Morgan fingerprint density at radius 2 is 1.39 bits per heavy atom. The Labute approximate surface area is 197 Å². The van der Waals surface area contributed by atoms with Crippen molar-refractivity contribution in [2.75, 3.05) is 0 Å². The van der Waals surface area contributed by atoms with Crippen LogP contribution in [0.4, 0.5) is 13.2 Å². The molecule has 4 unspecified atom stereocenters. The molecule has 0 saturated heterocycles. The lowest BCUT2D eigenvalue weighted by molar-refractivity contribution is 0.0615. The molecule has 2 aromatic rings. The summed E-state index contributed by atoms with van der Waals surface area (Å²) in [6.45, 7) is 2.31. The molecule has 3 heteroatoms. The van der Waals surface area contributed by atoms with E-state index in [0.717, 1.165) is 54.1 Å². The van der Waals surface area contributed by atoms with Gasteiger partial charge in [-0.3, -0.25) is 0 Å². The molecule has 0 heterocycles. The minimum atomic E-state index is -1.38. The van der Waals surface area contributed by atoms with Crippen LogP contribution in [0.2, 0.25) is 0 Å². The Kier molecular flexibility index (Phi) is 7.04. The van der Waals surface area contributed by atoms with Gasteiger partial charge in [0.1, 0.15) is 0 Å². The maximum Gasteiger partial charge on any atom is 0.195 e. The number of unbranched alkanes of at least 4 members (excludes halogenated alkanes) is 1. The first-order valence-corrected chi connectivity index (χ1v) is 13.6. The van der Waals surface area contributed by atoms with E-state index in [9.17, 15) is 13.2 Å².